The van der Waals surface area contributed by atoms with E-state index in [0.29, 0.717) is 12.0 Å². The summed E-state index contributed by atoms with van der Waals surface area (Å²) in [5.74, 6) is -0.272. The number of nitrogens with one attached hydrogen (secondary N) is 1. The molecule has 0 aliphatic heterocycles. The molecular formula is C11H12N2O5. The van der Waals surface area contributed by atoms with Crippen LogP contribution in [-0.4, -0.2) is 31.9 Å². The maximum absolute atomic E-state index is 11.2. The summed E-state index contributed by atoms with van der Waals surface area (Å²) in [5.41, 5.74) is 5.00. The van der Waals surface area contributed by atoms with Crippen molar-refractivity contribution in [3.63, 3.8) is 0 Å². The van der Waals surface area contributed by atoms with Crippen molar-refractivity contribution in [1.82, 2.24) is 5.32 Å². The highest BCUT2D eigenvalue weighted by Crippen LogP contribution is 2.29. The largest absolute Gasteiger partial charge is 0.493 e. The first-order valence-corrected chi connectivity index (χ1v) is 4.92. The first kappa shape index (κ1) is 13.5. The first-order chi connectivity index (χ1) is 8.58. The zero-order chi connectivity index (χ0) is 13.5. The van der Waals surface area contributed by atoms with Gasteiger partial charge in [-0.3, -0.25) is 14.9 Å². The lowest BCUT2D eigenvalue weighted by Crippen LogP contribution is -2.38. The van der Waals surface area contributed by atoms with Crippen molar-refractivity contribution in [3.05, 3.63) is 23.8 Å². The number of para-hydroxylation sites is 1. The number of carbonyl (C=O) groups is 3. The van der Waals surface area contributed by atoms with Gasteiger partial charge in [0.1, 0.15) is 0 Å². The van der Waals surface area contributed by atoms with Crippen LogP contribution < -0.4 is 20.5 Å². The van der Waals surface area contributed by atoms with Crippen molar-refractivity contribution < 1.29 is 23.9 Å². The van der Waals surface area contributed by atoms with Crippen molar-refractivity contribution in [2.75, 3.05) is 13.7 Å². The highest BCUT2D eigenvalue weighted by atomic mass is 16.5. The number of benzene rings is 1. The molecule has 0 aromatic heterocycles. The Labute approximate surface area is 103 Å². The Morgan fingerprint density at radius 3 is 2.72 bits per heavy atom. The number of urea groups is 1. The Balaban J connectivity index is 2.80. The van der Waals surface area contributed by atoms with Crippen molar-refractivity contribution in [2.24, 2.45) is 5.73 Å². The predicted molar refractivity (Wildman–Crippen MR) is 61.6 cm³/mol. The molecule has 0 saturated carbocycles. The molecular weight excluding hydrogens is 240 g/mol. The van der Waals surface area contributed by atoms with Gasteiger partial charge in [0.05, 0.1) is 12.7 Å². The Kier molecular flexibility index (Phi) is 4.67. The molecule has 0 spiro atoms. The molecule has 0 heterocycles. The molecule has 0 fully saturated rings. The van der Waals surface area contributed by atoms with Gasteiger partial charge < -0.3 is 15.2 Å². The minimum absolute atomic E-state index is 0.134. The van der Waals surface area contributed by atoms with E-state index in [-0.39, 0.29) is 11.3 Å². The number of imide groups is 1. The van der Waals surface area contributed by atoms with E-state index >= 15 is 0 Å². The van der Waals surface area contributed by atoms with Crippen LogP contribution in [0.1, 0.15) is 10.4 Å². The normalized spacial score (nSPS) is 9.39. The lowest BCUT2D eigenvalue weighted by Gasteiger charge is -2.11. The number of aldehydes is 1. The number of nitrogens with two attached hydrogens (primary N) is 1. The number of methoxy groups -OCH3 is 1. The van der Waals surface area contributed by atoms with Crippen LogP contribution in [0.5, 0.6) is 11.5 Å². The van der Waals surface area contributed by atoms with E-state index in [1.165, 1.54) is 13.2 Å². The van der Waals surface area contributed by atoms with Gasteiger partial charge >= 0.3 is 6.03 Å². The Morgan fingerprint density at radius 2 is 2.17 bits per heavy atom. The third-order valence-corrected chi connectivity index (χ3v) is 1.97. The molecule has 0 radical (unpaired) electrons. The molecule has 3 N–H and O–H groups in total. The van der Waals surface area contributed by atoms with Gasteiger partial charge in [0.15, 0.2) is 24.4 Å². The fourth-order valence-corrected chi connectivity index (χ4v) is 1.25. The van der Waals surface area contributed by atoms with Crippen LogP contribution >= 0.6 is 0 Å². The van der Waals surface area contributed by atoms with Crippen molar-refractivity contribution in [3.8, 4) is 11.5 Å². The highest BCUT2D eigenvalue weighted by Gasteiger charge is 2.12. The summed E-state index contributed by atoms with van der Waals surface area (Å²) in [5, 5.41) is 1.83. The molecule has 7 heteroatoms. The fraction of sp³-hybridized carbons (Fsp3) is 0.182. The van der Waals surface area contributed by atoms with Gasteiger partial charge in [-0.2, -0.15) is 0 Å². The molecule has 18 heavy (non-hydrogen) atoms. The average Bonchev–Trinajstić information content (AvgIpc) is 2.34. The van der Waals surface area contributed by atoms with Crippen LogP contribution in [-0.2, 0) is 4.79 Å². The van der Waals surface area contributed by atoms with Crippen LogP contribution in [0.2, 0.25) is 0 Å². The van der Waals surface area contributed by atoms with Crippen molar-refractivity contribution in [2.45, 2.75) is 0 Å². The van der Waals surface area contributed by atoms with Gasteiger partial charge in [0.25, 0.3) is 5.91 Å². The van der Waals surface area contributed by atoms with Crippen LogP contribution in [0.25, 0.3) is 0 Å². The minimum Gasteiger partial charge on any atom is -0.493 e. The van der Waals surface area contributed by atoms with Gasteiger partial charge in [-0.25, -0.2) is 4.79 Å². The number of ether oxygens (including phenoxy) is 2. The Hall–Kier alpha value is -2.57. The average molecular weight is 252 g/mol. The van der Waals surface area contributed by atoms with Crippen LogP contribution in [0.4, 0.5) is 4.79 Å². The standard InChI is InChI=1S/C11H12N2O5/c1-17-8-4-2-3-7(5-14)10(8)18-6-9(15)13-11(12)16/h2-5H,6H2,1H3,(H3,12,13,15,16). The van der Waals surface area contributed by atoms with Crippen molar-refractivity contribution in [1.29, 1.82) is 0 Å². The molecule has 0 bridgehead atoms. The maximum Gasteiger partial charge on any atom is 0.318 e. The highest BCUT2D eigenvalue weighted by molar-refractivity contribution is 5.94. The Bertz CT molecular complexity index is 473. The zero-order valence-electron chi connectivity index (χ0n) is 9.64. The molecule has 96 valence electrons. The smallest absolute Gasteiger partial charge is 0.318 e. The maximum atomic E-state index is 11.2. The summed E-state index contributed by atoms with van der Waals surface area (Å²) in [4.78, 5) is 32.4. The third-order valence-electron chi connectivity index (χ3n) is 1.97. The van der Waals surface area contributed by atoms with Gasteiger partial charge in [-0.15, -0.1) is 0 Å². The molecule has 3 amide bonds. The molecule has 0 aliphatic carbocycles. The van der Waals surface area contributed by atoms with Crippen LogP contribution in [0, 0.1) is 0 Å². The number of hydrogen-bond donors (Lipinski definition) is 2. The summed E-state index contributed by atoms with van der Waals surface area (Å²) < 4.78 is 10.1. The number of rotatable bonds is 5. The second kappa shape index (κ2) is 6.24. The zero-order valence-corrected chi connectivity index (χ0v) is 9.64. The van der Waals surface area contributed by atoms with Crippen LogP contribution in [0.15, 0.2) is 18.2 Å². The molecule has 0 saturated heterocycles. The number of amides is 3. The topological polar surface area (TPSA) is 108 Å². The predicted octanol–water partition coefficient (Wildman–Crippen LogP) is 0.0814. The van der Waals surface area contributed by atoms with E-state index in [1.807, 2.05) is 5.32 Å². The molecule has 0 unspecified atom stereocenters. The summed E-state index contributed by atoms with van der Waals surface area (Å²) in [7, 11) is 1.40. The second-order valence-corrected chi connectivity index (χ2v) is 3.20. The molecule has 0 atom stereocenters. The minimum atomic E-state index is -0.973. The molecule has 1 rings (SSSR count). The van der Waals surface area contributed by atoms with Crippen molar-refractivity contribution >= 4 is 18.2 Å². The Morgan fingerprint density at radius 1 is 1.44 bits per heavy atom. The molecule has 0 aliphatic rings. The summed E-state index contributed by atoms with van der Waals surface area (Å²) in [6.45, 7) is -0.454. The van der Waals surface area contributed by atoms with Gasteiger partial charge in [-0.1, -0.05) is 6.07 Å². The number of hydrogen-bond acceptors (Lipinski definition) is 5. The summed E-state index contributed by atoms with van der Waals surface area (Å²) in [6, 6.07) is 3.73. The molecule has 1 aromatic rings. The number of carbonyl (C=O) groups excluding carboxylic acids is 3. The monoisotopic (exact) mass is 252 g/mol. The molecule has 1 aromatic carbocycles. The van der Waals surface area contributed by atoms with E-state index in [0.717, 1.165) is 0 Å². The van der Waals surface area contributed by atoms with Gasteiger partial charge in [0, 0.05) is 0 Å². The SMILES string of the molecule is COc1cccc(C=O)c1OCC(=O)NC(N)=O. The third kappa shape index (κ3) is 3.48. The van der Waals surface area contributed by atoms with Crippen LogP contribution in [0.3, 0.4) is 0 Å². The lowest BCUT2D eigenvalue weighted by atomic mass is 10.2. The first-order valence-electron chi connectivity index (χ1n) is 4.92. The second-order valence-electron chi connectivity index (χ2n) is 3.20. The number of primary amides is 1. The van der Waals surface area contributed by atoms with E-state index in [9.17, 15) is 14.4 Å². The van der Waals surface area contributed by atoms with Gasteiger partial charge in [0.2, 0.25) is 0 Å². The summed E-state index contributed by atoms with van der Waals surface area (Å²) in [6.07, 6.45) is 0.573. The van der Waals surface area contributed by atoms with Gasteiger partial charge in [-0.05, 0) is 12.1 Å². The quantitative estimate of drug-likeness (QED) is 0.721. The molecule has 7 nitrogen and oxygen atoms in total. The van der Waals surface area contributed by atoms with E-state index in [4.69, 9.17) is 15.2 Å². The van der Waals surface area contributed by atoms with E-state index in [1.54, 1.807) is 12.1 Å². The lowest BCUT2D eigenvalue weighted by molar-refractivity contribution is -0.121. The fourth-order valence-electron chi connectivity index (χ4n) is 1.25. The summed E-state index contributed by atoms with van der Waals surface area (Å²) >= 11 is 0. The van der Waals surface area contributed by atoms with E-state index < -0.39 is 18.5 Å². The van der Waals surface area contributed by atoms with E-state index in [2.05, 4.69) is 0 Å².